The van der Waals surface area contributed by atoms with Gasteiger partial charge in [-0.3, -0.25) is 4.98 Å². The molecule has 0 spiro atoms. The summed E-state index contributed by atoms with van der Waals surface area (Å²) in [6.45, 7) is 9.33. The largest absolute Gasteiger partial charge is 0.356 e. The number of nitrogens with one attached hydrogen (secondary N) is 3. The van der Waals surface area contributed by atoms with E-state index >= 15 is 0 Å². The summed E-state index contributed by atoms with van der Waals surface area (Å²) >= 11 is 5.19. The predicted octanol–water partition coefficient (Wildman–Crippen LogP) is 7.19. The van der Waals surface area contributed by atoms with E-state index in [2.05, 4.69) is 38.7 Å². The molecule has 0 aliphatic rings. The Kier molecular flexibility index (Phi) is 16.0. The molecule has 0 radical (unpaired) electrons. The Hall–Kier alpha value is -1.69. The summed E-state index contributed by atoms with van der Waals surface area (Å²) in [6, 6.07) is 0. The van der Waals surface area contributed by atoms with Crippen molar-refractivity contribution in [2.45, 2.75) is 89.9 Å². The van der Waals surface area contributed by atoms with Crippen LogP contribution >= 0.6 is 12.2 Å². The summed E-state index contributed by atoms with van der Waals surface area (Å²) in [7, 11) is 0. The second kappa shape index (κ2) is 18.3. The van der Waals surface area contributed by atoms with Gasteiger partial charge in [0.2, 0.25) is 16.7 Å². The van der Waals surface area contributed by atoms with Crippen LogP contribution in [0, 0.1) is 4.77 Å². The van der Waals surface area contributed by atoms with E-state index in [1.54, 1.807) is 0 Å². The molecular weight excluding hydrogens is 378 g/mol. The lowest BCUT2D eigenvalue weighted by Gasteiger charge is -2.09. The maximum absolute atomic E-state index is 5.19. The number of aromatic amines is 1. The smallest absolute Gasteiger partial charge is 0.225 e. The van der Waals surface area contributed by atoms with Crippen molar-refractivity contribution in [1.82, 2.24) is 15.0 Å². The predicted molar refractivity (Wildman–Crippen MR) is 129 cm³/mol. The molecule has 0 aromatic carbocycles. The van der Waals surface area contributed by atoms with Crippen molar-refractivity contribution in [3.8, 4) is 0 Å². The first-order valence-electron chi connectivity index (χ1n) is 11.4. The maximum Gasteiger partial charge on any atom is 0.225 e. The van der Waals surface area contributed by atoms with Crippen LogP contribution in [0.2, 0.25) is 0 Å². The monoisotopic (exact) mass is 419 g/mol. The first-order chi connectivity index (χ1) is 14.3. The standard InChI is InChI=1S/C23H41N5S/c1-3-5-7-9-11-13-15-17-19-24-21-26-22(28-23(29)27-21)25-20-18-16-14-12-10-8-6-4-2/h3-4H,1-2,5-20H2,(H3,24,25,26,27,28,29). The average molecular weight is 420 g/mol. The molecule has 1 rings (SSSR count). The number of unbranched alkanes of at least 4 members (excludes halogenated alkanes) is 12. The number of aromatic nitrogens is 3. The fraction of sp³-hybridized carbons (Fsp3) is 0.696. The lowest BCUT2D eigenvalue weighted by molar-refractivity contribution is 0.604. The van der Waals surface area contributed by atoms with Crippen molar-refractivity contribution >= 4 is 24.1 Å². The molecule has 0 aliphatic heterocycles. The van der Waals surface area contributed by atoms with Gasteiger partial charge in [0.15, 0.2) is 0 Å². The van der Waals surface area contributed by atoms with Gasteiger partial charge in [0, 0.05) is 13.1 Å². The average Bonchev–Trinajstić information content (AvgIpc) is 2.71. The zero-order chi connectivity index (χ0) is 21.0. The molecule has 6 heteroatoms. The van der Waals surface area contributed by atoms with Gasteiger partial charge in [-0.1, -0.05) is 63.5 Å². The first-order valence-corrected chi connectivity index (χ1v) is 11.8. The minimum Gasteiger partial charge on any atom is -0.356 e. The van der Waals surface area contributed by atoms with E-state index in [0.717, 1.165) is 38.8 Å². The lowest BCUT2D eigenvalue weighted by atomic mass is 10.1. The molecule has 0 atom stereocenters. The molecule has 0 saturated carbocycles. The van der Waals surface area contributed by atoms with Gasteiger partial charge >= 0.3 is 0 Å². The minimum atomic E-state index is 0.373. The fourth-order valence-corrected chi connectivity index (χ4v) is 3.39. The Balaban J connectivity index is 2.12. The van der Waals surface area contributed by atoms with Crippen LogP contribution in [0.4, 0.5) is 11.9 Å². The number of hydrogen-bond donors (Lipinski definition) is 3. The molecule has 1 heterocycles. The molecular formula is C23H41N5S. The van der Waals surface area contributed by atoms with E-state index in [1.807, 2.05) is 12.2 Å². The third kappa shape index (κ3) is 14.9. The zero-order valence-electron chi connectivity index (χ0n) is 18.2. The van der Waals surface area contributed by atoms with Crippen LogP contribution < -0.4 is 10.6 Å². The number of nitrogens with zero attached hydrogens (tertiary/aromatic N) is 2. The van der Waals surface area contributed by atoms with Crippen LogP contribution in [0.1, 0.15) is 89.9 Å². The van der Waals surface area contributed by atoms with Gasteiger partial charge in [0.05, 0.1) is 0 Å². The van der Waals surface area contributed by atoms with Crippen LogP contribution in [0.5, 0.6) is 0 Å². The van der Waals surface area contributed by atoms with Crippen molar-refractivity contribution in [3.05, 3.63) is 30.1 Å². The molecule has 29 heavy (non-hydrogen) atoms. The van der Waals surface area contributed by atoms with Gasteiger partial charge in [-0.15, -0.1) is 13.2 Å². The molecule has 1 aromatic heterocycles. The molecule has 0 unspecified atom stereocenters. The topological polar surface area (TPSA) is 65.6 Å². The van der Waals surface area contributed by atoms with E-state index in [4.69, 9.17) is 12.2 Å². The third-order valence-corrected chi connectivity index (χ3v) is 5.09. The lowest BCUT2D eigenvalue weighted by Crippen LogP contribution is -2.11. The van der Waals surface area contributed by atoms with E-state index < -0.39 is 0 Å². The zero-order valence-corrected chi connectivity index (χ0v) is 19.0. The van der Waals surface area contributed by atoms with E-state index in [-0.39, 0.29) is 0 Å². The molecule has 0 fully saturated rings. The highest BCUT2D eigenvalue weighted by molar-refractivity contribution is 7.71. The summed E-state index contributed by atoms with van der Waals surface area (Å²) in [4.78, 5) is 11.8. The van der Waals surface area contributed by atoms with Gasteiger partial charge in [-0.05, 0) is 50.7 Å². The highest BCUT2D eigenvalue weighted by atomic mass is 32.1. The molecule has 0 amide bonds. The summed E-state index contributed by atoms with van der Waals surface area (Å²) in [6.07, 6.45) is 21.4. The number of H-pyrrole nitrogens is 1. The van der Waals surface area contributed by atoms with Crippen molar-refractivity contribution in [2.24, 2.45) is 0 Å². The minimum absolute atomic E-state index is 0.373. The summed E-state index contributed by atoms with van der Waals surface area (Å²) in [5.74, 6) is 1.42. The highest BCUT2D eigenvalue weighted by Crippen LogP contribution is 2.10. The Bertz CT molecular complexity index is 552. The summed E-state index contributed by atoms with van der Waals surface area (Å²) in [5, 5.41) is 6.68. The molecule has 164 valence electrons. The number of rotatable bonds is 20. The molecule has 1 aromatic rings. The molecule has 0 bridgehead atoms. The van der Waals surface area contributed by atoms with Crippen LogP contribution in [-0.2, 0) is 0 Å². The second-order valence-electron chi connectivity index (χ2n) is 7.58. The van der Waals surface area contributed by atoms with Gasteiger partial charge in [-0.25, -0.2) is 0 Å². The van der Waals surface area contributed by atoms with Crippen LogP contribution in [0.15, 0.2) is 25.3 Å². The second-order valence-corrected chi connectivity index (χ2v) is 7.94. The first kappa shape index (κ1) is 25.3. The fourth-order valence-electron chi connectivity index (χ4n) is 3.21. The van der Waals surface area contributed by atoms with Crippen LogP contribution in [0.25, 0.3) is 0 Å². The van der Waals surface area contributed by atoms with Crippen molar-refractivity contribution in [3.63, 3.8) is 0 Å². The summed E-state index contributed by atoms with van der Waals surface area (Å²) in [5.41, 5.74) is 0. The van der Waals surface area contributed by atoms with E-state index in [9.17, 15) is 0 Å². The number of allylic oxidation sites excluding steroid dienone is 2. The number of anilines is 2. The Labute approximate surface area is 182 Å². The summed E-state index contributed by atoms with van der Waals surface area (Å²) < 4.78 is 0.373. The van der Waals surface area contributed by atoms with Crippen molar-refractivity contribution < 1.29 is 0 Å². The van der Waals surface area contributed by atoms with Crippen LogP contribution in [0.3, 0.4) is 0 Å². The molecule has 0 aliphatic carbocycles. The van der Waals surface area contributed by atoms with E-state index in [1.165, 1.54) is 64.2 Å². The third-order valence-electron chi connectivity index (χ3n) is 4.91. The van der Waals surface area contributed by atoms with Crippen molar-refractivity contribution in [1.29, 1.82) is 0 Å². The Morgan fingerprint density at radius 3 is 1.45 bits per heavy atom. The van der Waals surface area contributed by atoms with Gasteiger partial charge < -0.3 is 10.6 Å². The van der Waals surface area contributed by atoms with Crippen LogP contribution in [-0.4, -0.2) is 28.0 Å². The normalized spacial score (nSPS) is 10.6. The quantitative estimate of drug-likeness (QED) is 0.118. The van der Waals surface area contributed by atoms with Gasteiger partial charge in [0.1, 0.15) is 0 Å². The Morgan fingerprint density at radius 2 is 1.03 bits per heavy atom. The Morgan fingerprint density at radius 1 is 0.655 bits per heavy atom. The van der Waals surface area contributed by atoms with Gasteiger partial charge in [-0.2, -0.15) is 9.97 Å². The highest BCUT2D eigenvalue weighted by Gasteiger charge is 2.00. The molecule has 5 nitrogen and oxygen atoms in total. The molecule has 0 saturated heterocycles. The SMILES string of the molecule is C=CCCCCCCCCNc1nc(=S)nc(NCCCCCCCCC=C)[nH]1. The number of hydrogen-bond acceptors (Lipinski definition) is 5. The maximum atomic E-state index is 5.19. The molecule has 3 N–H and O–H groups in total. The van der Waals surface area contributed by atoms with E-state index in [0.29, 0.717) is 16.7 Å². The van der Waals surface area contributed by atoms with Crippen molar-refractivity contribution in [2.75, 3.05) is 23.7 Å². The van der Waals surface area contributed by atoms with Gasteiger partial charge in [0.25, 0.3) is 0 Å².